The predicted octanol–water partition coefficient (Wildman–Crippen LogP) is 2.33. The van der Waals surface area contributed by atoms with Crippen molar-refractivity contribution in [2.24, 2.45) is 0 Å². The van der Waals surface area contributed by atoms with E-state index in [-0.39, 0.29) is 6.61 Å². The molecule has 0 amide bonds. The van der Waals surface area contributed by atoms with Crippen LogP contribution in [-0.2, 0) is 13.2 Å². The normalized spacial score (nSPS) is 15.9. The second kappa shape index (κ2) is 6.67. The first-order chi connectivity index (χ1) is 11.8. The number of aliphatic hydroxyl groups excluding tert-OH is 1. The first-order valence-electron chi connectivity index (χ1n) is 8.44. The van der Waals surface area contributed by atoms with Crippen molar-refractivity contribution >= 4 is 17.0 Å². The number of aromatic nitrogens is 2. The lowest BCUT2D eigenvalue weighted by Crippen LogP contribution is -2.36. The molecule has 3 N–H and O–H groups in total. The molecule has 3 heterocycles. The second-order valence-corrected chi connectivity index (χ2v) is 6.21. The Balaban J connectivity index is 1.66. The number of hydrogen-bond donors (Lipinski definition) is 3. The number of imidazole rings is 1. The summed E-state index contributed by atoms with van der Waals surface area (Å²) < 4.78 is 7.81. The molecule has 0 atom stereocenters. The molecule has 1 aromatic carbocycles. The Morgan fingerprint density at radius 3 is 2.75 bits per heavy atom. The lowest BCUT2D eigenvalue weighted by molar-refractivity contribution is 0.243. The molecule has 4 rings (SSSR count). The van der Waals surface area contributed by atoms with Crippen LogP contribution in [0.4, 0.5) is 5.95 Å². The molecule has 1 saturated heterocycles. The van der Waals surface area contributed by atoms with Gasteiger partial charge in [0.25, 0.3) is 0 Å². The van der Waals surface area contributed by atoms with E-state index in [4.69, 9.17) is 9.40 Å². The number of para-hydroxylation sites is 2. The van der Waals surface area contributed by atoms with Crippen LogP contribution in [-0.4, -0.2) is 33.8 Å². The van der Waals surface area contributed by atoms with E-state index in [0.717, 1.165) is 48.7 Å². The third-order valence-corrected chi connectivity index (χ3v) is 4.51. The maximum Gasteiger partial charge on any atom is 0.204 e. The molecule has 126 valence electrons. The van der Waals surface area contributed by atoms with Crippen molar-refractivity contribution in [2.45, 2.75) is 32.0 Å². The van der Waals surface area contributed by atoms with E-state index in [0.29, 0.717) is 18.3 Å². The largest absolute Gasteiger partial charge is 0.462 e. The van der Waals surface area contributed by atoms with Crippen LogP contribution in [0.25, 0.3) is 11.0 Å². The maximum absolute atomic E-state index is 9.19. The quantitative estimate of drug-likeness (QED) is 0.671. The van der Waals surface area contributed by atoms with Gasteiger partial charge in [-0.2, -0.15) is 0 Å². The number of aliphatic hydroxyl groups is 1. The van der Waals surface area contributed by atoms with E-state index in [1.54, 1.807) is 0 Å². The number of hydrogen-bond acceptors (Lipinski definition) is 5. The average Bonchev–Trinajstić information content (AvgIpc) is 3.21. The van der Waals surface area contributed by atoms with Gasteiger partial charge in [-0.25, -0.2) is 4.98 Å². The smallest absolute Gasteiger partial charge is 0.204 e. The van der Waals surface area contributed by atoms with E-state index < -0.39 is 0 Å². The van der Waals surface area contributed by atoms with Gasteiger partial charge in [-0.05, 0) is 50.2 Å². The Kier molecular flexibility index (Phi) is 4.23. The van der Waals surface area contributed by atoms with E-state index in [2.05, 4.69) is 21.3 Å². The zero-order valence-electron chi connectivity index (χ0n) is 13.5. The molecule has 0 unspecified atom stereocenters. The fourth-order valence-electron chi connectivity index (χ4n) is 3.24. The van der Waals surface area contributed by atoms with E-state index >= 15 is 0 Å². The van der Waals surface area contributed by atoms with Crippen molar-refractivity contribution in [2.75, 3.05) is 18.4 Å². The summed E-state index contributed by atoms with van der Waals surface area (Å²) in [4.78, 5) is 4.77. The molecular formula is C18H22N4O2. The summed E-state index contributed by atoms with van der Waals surface area (Å²) in [5, 5.41) is 16.2. The first-order valence-corrected chi connectivity index (χ1v) is 8.44. The van der Waals surface area contributed by atoms with Gasteiger partial charge in [0.1, 0.15) is 18.1 Å². The van der Waals surface area contributed by atoms with Gasteiger partial charge in [0, 0.05) is 6.04 Å². The molecule has 1 aliphatic heterocycles. The zero-order chi connectivity index (χ0) is 16.4. The minimum atomic E-state index is -0.0785. The number of anilines is 1. The highest BCUT2D eigenvalue weighted by Gasteiger charge is 2.18. The molecule has 0 radical (unpaired) electrons. The average molecular weight is 326 g/mol. The molecule has 6 heteroatoms. The first kappa shape index (κ1) is 15.2. The molecule has 24 heavy (non-hydrogen) atoms. The summed E-state index contributed by atoms with van der Waals surface area (Å²) in [5.41, 5.74) is 2.05. The molecule has 1 aliphatic rings. The molecule has 0 bridgehead atoms. The van der Waals surface area contributed by atoms with Crippen molar-refractivity contribution in [3.8, 4) is 0 Å². The van der Waals surface area contributed by atoms with Gasteiger partial charge in [-0.15, -0.1) is 0 Å². The van der Waals surface area contributed by atoms with Gasteiger partial charge < -0.3 is 24.7 Å². The summed E-state index contributed by atoms with van der Waals surface area (Å²) in [7, 11) is 0. The van der Waals surface area contributed by atoms with Gasteiger partial charge >= 0.3 is 0 Å². The molecule has 6 nitrogen and oxygen atoms in total. The Bertz CT molecular complexity index is 817. The Morgan fingerprint density at radius 1 is 1.17 bits per heavy atom. The van der Waals surface area contributed by atoms with Crippen molar-refractivity contribution in [1.82, 2.24) is 14.9 Å². The number of piperidine rings is 1. The van der Waals surface area contributed by atoms with Crippen molar-refractivity contribution in [1.29, 1.82) is 0 Å². The third-order valence-electron chi connectivity index (χ3n) is 4.51. The van der Waals surface area contributed by atoms with Crippen LogP contribution in [0.2, 0.25) is 0 Å². The monoisotopic (exact) mass is 326 g/mol. The van der Waals surface area contributed by atoms with E-state index in [9.17, 15) is 5.11 Å². The van der Waals surface area contributed by atoms with Crippen LogP contribution in [0.5, 0.6) is 0 Å². The summed E-state index contributed by atoms with van der Waals surface area (Å²) in [5.74, 6) is 2.28. The fourth-order valence-corrected chi connectivity index (χ4v) is 3.24. The van der Waals surface area contributed by atoms with Crippen molar-refractivity contribution in [3.05, 3.63) is 47.9 Å². The molecule has 0 aliphatic carbocycles. The molecule has 0 saturated carbocycles. The minimum absolute atomic E-state index is 0.0785. The lowest BCUT2D eigenvalue weighted by Gasteiger charge is -2.24. The van der Waals surface area contributed by atoms with E-state index in [1.807, 2.05) is 30.3 Å². The molecular weight excluding hydrogens is 304 g/mol. The third kappa shape index (κ3) is 3.02. The van der Waals surface area contributed by atoms with Crippen LogP contribution >= 0.6 is 0 Å². The Hall–Kier alpha value is -2.31. The van der Waals surface area contributed by atoms with Gasteiger partial charge in [0.05, 0.1) is 17.6 Å². The van der Waals surface area contributed by atoms with Gasteiger partial charge in [0.2, 0.25) is 5.95 Å². The zero-order valence-corrected chi connectivity index (χ0v) is 13.5. The molecule has 0 spiro atoms. The molecule has 1 fully saturated rings. The van der Waals surface area contributed by atoms with Crippen LogP contribution in [0.15, 0.2) is 40.8 Å². The van der Waals surface area contributed by atoms with Gasteiger partial charge in [-0.1, -0.05) is 12.1 Å². The number of nitrogens with one attached hydrogen (secondary N) is 2. The number of rotatable bonds is 5. The topological polar surface area (TPSA) is 75.2 Å². The fraction of sp³-hybridized carbons (Fsp3) is 0.389. The molecule has 3 aromatic rings. The highest BCUT2D eigenvalue weighted by atomic mass is 16.4. The van der Waals surface area contributed by atoms with Crippen molar-refractivity contribution < 1.29 is 9.52 Å². The molecule has 2 aromatic heterocycles. The highest BCUT2D eigenvalue weighted by molar-refractivity contribution is 5.78. The second-order valence-electron chi connectivity index (χ2n) is 6.21. The van der Waals surface area contributed by atoms with Crippen LogP contribution in [0.3, 0.4) is 0 Å². The summed E-state index contributed by atoms with van der Waals surface area (Å²) in [6, 6.07) is 12.3. The number of nitrogens with zero attached hydrogens (tertiary/aromatic N) is 2. The maximum atomic E-state index is 9.19. The van der Waals surface area contributed by atoms with Crippen LogP contribution < -0.4 is 10.6 Å². The Labute approximate surface area is 140 Å². The number of benzene rings is 1. The SMILES string of the molecule is OCc1ccc(Cn2c(NC3CCNCC3)nc3ccccc32)o1. The van der Waals surface area contributed by atoms with Gasteiger partial charge in [0.15, 0.2) is 0 Å². The van der Waals surface area contributed by atoms with Crippen LogP contribution in [0.1, 0.15) is 24.4 Å². The summed E-state index contributed by atoms with van der Waals surface area (Å²) in [6.45, 7) is 2.59. The summed E-state index contributed by atoms with van der Waals surface area (Å²) >= 11 is 0. The Morgan fingerprint density at radius 2 is 1.96 bits per heavy atom. The standard InChI is InChI=1S/C18H22N4O2/c23-12-15-6-5-14(24-15)11-22-17-4-2-1-3-16(17)21-18(22)20-13-7-9-19-10-8-13/h1-6,13,19,23H,7-12H2,(H,20,21). The highest BCUT2D eigenvalue weighted by Crippen LogP contribution is 2.23. The van der Waals surface area contributed by atoms with Crippen molar-refractivity contribution in [3.63, 3.8) is 0 Å². The lowest BCUT2D eigenvalue weighted by atomic mass is 10.1. The van der Waals surface area contributed by atoms with Gasteiger partial charge in [-0.3, -0.25) is 0 Å². The number of furan rings is 1. The summed E-state index contributed by atoms with van der Waals surface area (Å²) in [6.07, 6.45) is 2.19. The van der Waals surface area contributed by atoms with Crippen LogP contribution in [0, 0.1) is 0 Å². The van der Waals surface area contributed by atoms with E-state index in [1.165, 1.54) is 0 Å². The minimum Gasteiger partial charge on any atom is -0.462 e. The number of fused-ring (bicyclic) bond motifs is 1. The predicted molar refractivity (Wildman–Crippen MR) is 93.0 cm³/mol.